The molecule has 4 nitrogen and oxygen atoms in total. The van der Waals surface area contributed by atoms with Crippen molar-refractivity contribution < 1.29 is 40.9 Å². The molecule has 0 spiro atoms. The lowest BCUT2D eigenvalue weighted by molar-refractivity contribution is -0.381. The zero-order valence-corrected chi connectivity index (χ0v) is 17.3. The van der Waals surface area contributed by atoms with Gasteiger partial charge in [-0.2, -0.15) is 8.78 Å². The van der Waals surface area contributed by atoms with Crippen LogP contribution in [-0.4, -0.2) is 33.9 Å². The van der Waals surface area contributed by atoms with Crippen molar-refractivity contribution in [2.75, 3.05) is 27.9 Å². The molecule has 0 amide bonds. The lowest BCUT2D eigenvalue weighted by atomic mass is 9.98. The van der Waals surface area contributed by atoms with Gasteiger partial charge in [0.15, 0.2) is 5.75 Å². The van der Waals surface area contributed by atoms with Gasteiger partial charge in [0.2, 0.25) is 29.1 Å². The molecule has 0 fully saturated rings. The van der Waals surface area contributed by atoms with Crippen LogP contribution in [0.3, 0.4) is 0 Å². The van der Waals surface area contributed by atoms with E-state index in [-0.39, 0.29) is 0 Å². The molecule has 0 aliphatic rings. The largest absolute Gasteiger partial charge is 0.487 e. The monoisotopic (exact) mass is 428 g/mol. The Bertz CT molecular complexity index is 601. The summed E-state index contributed by atoms with van der Waals surface area (Å²) in [5.41, 5.74) is 0. The van der Waals surface area contributed by atoms with Crippen LogP contribution in [-0.2, 0) is 14.2 Å². The van der Waals surface area contributed by atoms with Crippen molar-refractivity contribution in [1.29, 1.82) is 0 Å². The molecule has 1 atom stereocenters. The molecule has 1 rings (SSSR count). The molecule has 0 aliphatic carbocycles. The van der Waals surface area contributed by atoms with Crippen LogP contribution in [0.25, 0.3) is 0 Å². The van der Waals surface area contributed by atoms with Gasteiger partial charge in [0, 0.05) is 21.3 Å². The van der Waals surface area contributed by atoms with Crippen LogP contribution >= 0.6 is 0 Å². The molecule has 0 bridgehead atoms. The van der Waals surface area contributed by atoms with Crippen LogP contribution in [0.2, 0.25) is 0 Å². The molecule has 0 radical (unpaired) electrons. The molecule has 1 aromatic rings. The van der Waals surface area contributed by atoms with E-state index in [1.165, 1.54) is 21.3 Å². The van der Waals surface area contributed by atoms with Crippen LogP contribution in [0.15, 0.2) is 0 Å². The normalized spacial score (nSPS) is 13.0. The molecule has 0 aliphatic heterocycles. The summed E-state index contributed by atoms with van der Waals surface area (Å²) < 4.78 is 88.6. The minimum atomic E-state index is -2.24. The summed E-state index contributed by atoms with van der Waals surface area (Å²) >= 11 is 0. The van der Waals surface area contributed by atoms with Gasteiger partial charge >= 0.3 is 0 Å². The standard InChI is InChI=1S/C20H29F5O4/c1-5-6-7-8-9-10-11-13(20(26-2,27-3)28-4)12-29-19-17(24)15(22)14(21)16(23)18(19)25/h13H,5-12H2,1-4H3. The molecule has 9 heteroatoms. The lowest BCUT2D eigenvalue weighted by Gasteiger charge is -2.36. The Hall–Kier alpha value is -1.45. The minimum Gasteiger partial charge on any atom is -0.487 e. The first-order chi connectivity index (χ1) is 13.8. The summed E-state index contributed by atoms with van der Waals surface area (Å²) in [7, 11) is 3.96. The van der Waals surface area contributed by atoms with E-state index in [2.05, 4.69) is 6.92 Å². The van der Waals surface area contributed by atoms with E-state index >= 15 is 0 Å². The first-order valence-corrected chi connectivity index (χ1v) is 9.59. The van der Waals surface area contributed by atoms with Gasteiger partial charge in [-0.3, -0.25) is 0 Å². The summed E-state index contributed by atoms with van der Waals surface area (Å²) in [6, 6.07) is 0. The summed E-state index contributed by atoms with van der Waals surface area (Å²) in [5.74, 6) is -14.1. The molecule has 168 valence electrons. The van der Waals surface area contributed by atoms with E-state index in [1.54, 1.807) is 0 Å². The number of hydrogen-bond acceptors (Lipinski definition) is 4. The number of rotatable bonds is 14. The van der Waals surface area contributed by atoms with Gasteiger partial charge in [-0.05, 0) is 6.42 Å². The third-order valence-electron chi connectivity index (χ3n) is 4.86. The molecule has 29 heavy (non-hydrogen) atoms. The number of hydrogen-bond donors (Lipinski definition) is 0. The van der Waals surface area contributed by atoms with Gasteiger partial charge in [0.25, 0.3) is 5.97 Å². The third kappa shape index (κ3) is 6.26. The van der Waals surface area contributed by atoms with Gasteiger partial charge in [-0.1, -0.05) is 45.4 Å². The van der Waals surface area contributed by atoms with E-state index in [1.807, 2.05) is 0 Å². The Morgan fingerprint density at radius 1 is 0.690 bits per heavy atom. The summed E-state index contributed by atoms with van der Waals surface area (Å²) in [4.78, 5) is 0. The quantitative estimate of drug-likeness (QED) is 0.125. The Labute approximate surface area is 168 Å². The fourth-order valence-electron chi connectivity index (χ4n) is 3.18. The van der Waals surface area contributed by atoms with E-state index in [9.17, 15) is 22.0 Å². The van der Waals surface area contributed by atoms with Crippen molar-refractivity contribution in [3.05, 3.63) is 29.1 Å². The van der Waals surface area contributed by atoms with Crippen molar-refractivity contribution in [2.45, 2.75) is 57.8 Å². The lowest BCUT2D eigenvalue weighted by Crippen LogP contribution is -2.46. The highest BCUT2D eigenvalue weighted by Crippen LogP contribution is 2.33. The second-order valence-electron chi connectivity index (χ2n) is 6.68. The SMILES string of the molecule is CCCCCCCCC(COc1c(F)c(F)c(F)c(F)c1F)C(OC)(OC)OC. The van der Waals surface area contributed by atoms with Crippen molar-refractivity contribution in [3.63, 3.8) is 0 Å². The zero-order chi connectivity index (χ0) is 22.0. The predicted octanol–water partition coefficient (Wildman–Crippen LogP) is 5.72. The Morgan fingerprint density at radius 3 is 1.62 bits per heavy atom. The summed E-state index contributed by atoms with van der Waals surface area (Å²) in [6.45, 7) is 1.67. The van der Waals surface area contributed by atoms with Crippen LogP contribution in [0.1, 0.15) is 51.9 Å². The fraction of sp³-hybridized carbons (Fsp3) is 0.700. The van der Waals surface area contributed by atoms with Gasteiger partial charge in [0.1, 0.15) is 0 Å². The van der Waals surface area contributed by atoms with Crippen LogP contribution in [0.4, 0.5) is 22.0 Å². The minimum absolute atomic E-state index is 0.428. The smallest absolute Gasteiger partial charge is 0.288 e. The Morgan fingerprint density at radius 2 is 1.14 bits per heavy atom. The van der Waals surface area contributed by atoms with Crippen LogP contribution < -0.4 is 4.74 Å². The second-order valence-corrected chi connectivity index (χ2v) is 6.68. The van der Waals surface area contributed by atoms with Gasteiger partial charge in [-0.25, -0.2) is 13.2 Å². The maximum absolute atomic E-state index is 13.9. The maximum Gasteiger partial charge on any atom is 0.288 e. The summed E-state index contributed by atoms with van der Waals surface area (Å²) in [5, 5.41) is 0. The van der Waals surface area contributed by atoms with Crippen LogP contribution in [0, 0.1) is 35.0 Å². The number of halogens is 5. The van der Waals surface area contributed by atoms with Gasteiger partial charge < -0.3 is 18.9 Å². The highest BCUT2D eigenvalue weighted by Gasteiger charge is 2.41. The van der Waals surface area contributed by atoms with E-state index in [0.29, 0.717) is 12.8 Å². The molecular formula is C20H29F5O4. The van der Waals surface area contributed by atoms with Crippen LogP contribution in [0.5, 0.6) is 5.75 Å². The highest BCUT2D eigenvalue weighted by atomic mass is 19.2. The first-order valence-electron chi connectivity index (χ1n) is 9.59. The molecule has 0 saturated heterocycles. The second kappa shape index (κ2) is 12.3. The average molecular weight is 428 g/mol. The molecular weight excluding hydrogens is 399 g/mol. The molecule has 0 saturated carbocycles. The summed E-state index contributed by atoms with van der Waals surface area (Å²) in [6.07, 6.45) is 6.38. The van der Waals surface area contributed by atoms with E-state index in [4.69, 9.17) is 18.9 Å². The Kier molecular flexibility index (Phi) is 10.8. The molecule has 0 heterocycles. The molecule has 1 unspecified atom stereocenters. The molecule has 0 N–H and O–H groups in total. The average Bonchev–Trinajstić information content (AvgIpc) is 2.74. The number of unbranched alkanes of at least 4 members (excludes halogenated alkanes) is 5. The predicted molar refractivity (Wildman–Crippen MR) is 97.0 cm³/mol. The fourth-order valence-corrected chi connectivity index (χ4v) is 3.18. The van der Waals surface area contributed by atoms with Gasteiger partial charge in [0.05, 0.1) is 12.5 Å². The zero-order valence-electron chi connectivity index (χ0n) is 17.3. The topological polar surface area (TPSA) is 36.9 Å². The number of methoxy groups -OCH3 is 3. The number of ether oxygens (including phenoxy) is 4. The number of benzene rings is 1. The molecule has 0 aromatic heterocycles. The maximum atomic E-state index is 13.9. The third-order valence-corrected chi connectivity index (χ3v) is 4.86. The van der Waals surface area contributed by atoms with Crippen molar-refractivity contribution >= 4 is 0 Å². The van der Waals surface area contributed by atoms with Crippen molar-refractivity contribution in [3.8, 4) is 5.75 Å². The van der Waals surface area contributed by atoms with Gasteiger partial charge in [-0.15, -0.1) is 0 Å². The first kappa shape index (κ1) is 25.6. The van der Waals surface area contributed by atoms with E-state index in [0.717, 1.165) is 32.1 Å². The Balaban J connectivity index is 2.95. The van der Waals surface area contributed by atoms with Crippen molar-refractivity contribution in [1.82, 2.24) is 0 Å². The van der Waals surface area contributed by atoms with E-state index < -0.39 is 53.3 Å². The van der Waals surface area contributed by atoms with Crippen molar-refractivity contribution in [2.24, 2.45) is 5.92 Å². The highest BCUT2D eigenvalue weighted by molar-refractivity contribution is 5.29. The molecule has 1 aromatic carbocycles.